The van der Waals surface area contributed by atoms with Crippen LogP contribution in [-0.2, 0) is 11.3 Å². The Bertz CT molecular complexity index is 894. The quantitative estimate of drug-likeness (QED) is 0.734. The summed E-state index contributed by atoms with van der Waals surface area (Å²) in [7, 11) is 0. The van der Waals surface area contributed by atoms with Crippen LogP contribution in [-0.4, -0.2) is 61.8 Å². The van der Waals surface area contributed by atoms with E-state index in [9.17, 15) is 9.59 Å². The van der Waals surface area contributed by atoms with Crippen molar-refractivity contribution in [2.24, 2.45) is 11.8 Å². The van der Waals surface area contributed by atoms with Crippen molar-refractivity contribution >= 4 is 5.91 Å². The van der Waals surface area contributed by atoms with Gasteiger partial charge in [-0.3, -0.25) is 9.59 Å². The Kier molecular flexibility index (Phi) is 5.75. The molecule has 1 fully saturated rings. The van der Waals surface area contributed by atoms with Crippen LogP contribution in [0.15, 0.2) is 29.3 Å². The molecule has 0 spiro atoms. The fourth-order valence-corrected chi connectivity index (χ4v) is 4.78. The van der Waals surface area contributed by atoms with E-state index in [-0.39, 0.29) is 17.4 Å². The number of piperidine rings is 1. The van der Waals surface area contributed by atoms with Crippen LogP contribution >= 0.6 is 0 Å². The Morgan fingerprint density at radius 3 is 2.93 bits per heavy atom. The maximum atomic E-state index is 12.8. The van der Waals surface area contributed by atoms with E-state index in [0.29, 0.717) is 18.4 Å². The summed E-state index contributed by atoms with van der Waals surface area (Å²) in [5, 5.41) is 14.3. The molecule has 0 aromatic carbocycles. The van der Waals surface area contributed by atoms with E-state index in [1.807, 2.05) is 17.6 Å². The second-order valence-electron chi connectivity index (χ2n) is 8.37. The van der Waals surface area contributed by atoms with Crippen molar-refractivity contribution in [1.29, 1.82) is 0 Å². The van der Waals surface area contributed by atoms with Crippen molar-refractivity contribution in [3.63, 3.8) is 0 Å². The molecule has 2 aliphatic rings. The topological polar surface area (TPSA) is 97.9 Å². The van der Waals surface area contributed by atoms with Gasteiger partial charge in [0.25, 0.3) is 5.56 Å². The molecular weight excluding hydrogens is 370 g/mol. The summed E-state index contributed by atoms with van der Waals surface area (Å²) in [4.78, 5) is 27.4. The van der Waals surface area contributed by atoms with Gasteiger partial charge >= 0.3 is 0 Å². The molecule has 156 valence electrons. The SMILES string of the molecule is CCC(C)C(C(=O)NCCN1CC2CC(C1)c1cccc(=O)n1C2)n1cnnn1. The van der Waals surface area contributed by atoms with E-state index in [2.05, 4.69) is 38.7 Å². The molecule has 4 rings (SSSR count). The highest BCUT2D eigenvalue weighted by molar-refractivity contribution is 5.80. The number of nitrogens with zero attached hydrogens (tertiary/aromatic N) is 6. The van der Waals surface area contributed by atoms with E-state index in [4.69, 9.17) is 0 Å². The van der Waals surface area contributed by atoms with Crippen LogP contribution in [0.25, 0.3) is 0 Å². The van der Waals surface area contributed by atoms with Crippen LogP contribution in [0, 0.1) is 11.8 Å². The molecule has 4 unspecified atom stereocenters. The van der Waals surface area contributed by atoms with E-state index in [0.717, 1.165) is 44.7 Å². The lowest BCUT2D eigenvalue weighted by Gasteiger charge is -2.42. The zero-order valence-corrected chi connectivity index (χ0v) is 17.1. The highest BCUT2D eigenvalue weighted by atomic mass is 16.2. The summed E-state index contributed by atoms with van der Waals surface area (Å²) < 4.78 is 3.49. The molecule has 29 heavy (non-hydrogen) atoms. The molecular formula is C20H29N7O2. The first-order valence-corrected chi connectivity index (χ1v) is 10.5. The van der Waals surface area contributed by atoms with Gasteiger partial charge in [-0.25, -0.2) is 4.68 Å². The van der Waals surface area contributed by atoms with Crippen molar-refractivity contribution in [1.82, 2.24) is 35.0 Å². The summed E-state index contributed by atoms with van der Waals surface area (Å²) in [6.45, 7) is 8.19. The van der Waals surface area contributed by atoms with Crippen LogP contribution in [0.5, 0.6) is 0 Å². The van der Waals surface area contributed by atoms with Crippen LogP contribution in [0.3, 0.4) is 0 Å². The zero-order chi connectivity index (χ0) is 20.4. The fourth-order valence-electron chi connectivity index (χ4n) is 4.78. The molecule has 1 N–H and O–H groups in total. The minimum atomic E-state index is -0.394. The van der Waals surface area contributed by atoms with Gasteiger partial charge in [-0.1, -0.05) is 26.3 Å². The van der Waals surface area contributed by atoms with Gasteiger partial charge in [-0.2, -0.15) is 0 Å². The minimum absolute atomic E-state index is 0.0410. The average molecular weight is 399 g/mol. The Hall–Kier alpha value is -2.55. The van der Waals surface area contributed by atoms with Gasteiger partial charge in [0.2, 0.25) is 5.91 Å². The molecule has 2 aliphatic heterocycles. The van der Waals surface area contributed by atoms with E-state index in [1.165, 1.54) is 6.33 Å². The first-order chi connectivity index (χ1) is 14.1. The molecule has 0 saturated carbocycles. The number of tetrazole rings is 1. The molecule has 1 amide bonds. The predicted molar refractivity (Wildman–Crippen MR) is 107 cm³/mol. The van der Waals surface area contributed by atoms with E-state index >= 15 is 0 Å². The molecule has 0 radical (unpaired) electrons. The summed E-state index contributed by atoms with van der Waals surface area (Å²) in [5.74, 6) is 0.982. The Labute approximate surface area is 170 Å². The van der Waals surface area contributed by atoms with Crippen molar-refractivity contribution in [3.8, 4) is 0 Å². The number of carbonyl (C=O) groups is 1. The third-order valence-electron chi connectivity index (χ3n) is 6.38. The summed E-state index contributed by atoms with van der Waals surface area (Å²) >= 11 is 0. The predicted octanol–water partition coefficient (Wildman–Crippen LogP) is 0.658. The number of pyridine rings is 1. The first kappa shape index (κ1) is 19.8. The first-order valence-electron chi connectivity index (χ1n) is 10.5. The third-order valence-corrected chi connectivity index (χ3v) is 6.38. The summed E-state index contributed by atoms with van der Waals surface area (Å²) in [5.41, 5.74) is 1.26. The maximum absolute atomic E-state index is 12.8. The lowest BCUT2D eigenvalue weighted by Crippen LogP contribution is -2.49. The molecule has 0 aliphatic carbocycles. The number of carbonyl (C=O) groups excluding carboxylic acids is 1. The highest BCUT2D eigenvalue weighted by Gasteiger charge is 2.34. The Morgan fingerprint density at radius 2 is 2.17 bits per heavy atom. The average Bonchev–Trinajstić information content (AvgIpc) is 3.23. The Morgan fingerprint density at radius 1 is 1.31 bits per heavy atom. The largest absolute Gasteiger partial charge is 0.353 e. The van der Waals surface area contributed by atoms with Crippen LogP contribution < -0.4 is 10.9 Å². The van der Waals surface area contributed by atoms with Crippen LogP contribution in [0.2, 0.25) is 0 Å². The molecule has 9 heteroatoms. The molecule has 4 atom stereocenters. The summed E-state index contributed by atoms with van der Waals surface area (Å²) in [6, 6.07) is 5.20. The van der Waals surface area contributed by atoms with E-state index in [1.54, 1.807) is 10.7 Å². The lowest BCUT2D eigenvalue weighted by molar-refractivity contribution is -0.126. The van der Waals surface area contributed by atoms with Gasteiger partial charge in [0.1, 0.15) is 12.4 Å². The number of rotatable bonds is 7. The van der Waals surface area contributed by atoms with E-state index < -0.39 is 6.04 Å². The highest BCUT2D eigenvalue weighted by Crippen LogP contribution is 2.34. The van der Waals surface area contributed by atoms with Crippen LogP contribution in [0.4, 0.5) is 0 Å². The monoisotopic (exact) mass is 399 g/mol. The van der Waals surface area contributed by atoms with Crippen molar-refractivity contribution in [2.75, 3.05) is 26.2 Å². The standard InChI is InChI=1S/C20H29N7O2/c1-3-14(2)19(27-13-22-23-24-27)20(29)21-7-8-25-10-15-9-16(12-25)17-5-4-6-18(28)26(17)11-15/h4-6,13-16,19H,3,7-12H2,1-2H3,(H,21,29). The van der Waals surface area contributed by atoms with Gasteiger partial charge in [0, 0.05) is 50.4 Å². The number of fused-ring (bicyclic) bond motifs is 4. The van der Waals surface area contributed by atoms with Gasteiger partial charge < -0.3 is 14.8 Å². The number of amides is 1. The normalized spacial score (nSPS) is 23.2. The summed E-state index contributed by atoms with van der Waals surface area (Å²) in [6.07, 6.45) is 3.51. The number of likely N-dealkylation sites (tertiary alicyclic amines) is 1. The lowest BCUT2D eigenvalue weighted by atomic mass is 9.83. The van der Waals surface area contributed by atoms with Gasteiger partial charge in [-0.05, 0) is 34.7 Å². The number of hydrogen-bond donors (Lipinski definition) is 1. The fraction of sp³-hybridized carbons (Fsp3) is 0.650. The number of aromatic nitrogens is 5. The van der Waals surface area contributed by atoms with Crippen molar-refractivity contribution in [2.45, 2.75) is 45.2 Å². The maximum Gasteiger partial charge on any atom is 0.250 e. The van der Waals surface area contributed by atoms with Gasteiger partial charge in [0.05, 0.1) is 0 Å². The second-order valence-corrected chi connectivity index (χ2v) is 8.37. The molecule has 2 bridgehead atoms. The second kappa shape index (κ2) is 8.44. The van der Waals surface area contributed by atoms with Crippen molar-refractivity contribution in [3.05, 3.63) is 40.6 Å². The smallest absolute Gasteiger partial charge is 0.250 e. The van der Waals surface area contributed by atoms with Gasteiger partial charge in [-0.15, -0.1) is 5.10 Å². The minimum Gasteiger partial charge on any atom is -0.353 e. The van der Waals surface area contributed by atoms with Crippen molar-refractivity contribution < 1.29 is 4.79 Å². The molecule has 4 heterocycles. The molecule has 9 nitrogen and oxygen atoms in total. The zero-order valence-electron chi connectivity index (χ0n) is 17.1. The number of nitrogens with one attached hydrogen (secondary N) is 1. The molecule has 2 aromatic rings. The molecule has 1 saturated heterocycles. The van der Waals surface area contributed by atoms with Crippen LogP contribution in [0.1, 0.15) is 44.3 Å². The Balaban J connectivity index is 1.34. The third kappa shape index (κ3) is 4.10. The van der Waals surface area contributed by atoms with Gasteiger partial charge in [0.15, 0.2) is 0 Å². The number of hydrogen-bond acceptors (Lipinski definition) is 6. The molecule has 2 aromatic heterocycles.